The molecule has 0 bridgehead atoms. The molecule has 0 aliphatic heterocycles. The number of hydrogen-bond acceptors (Lipinski definition) is 2. The van der Waals surface area contributed by atoms with Gasteiger partial charge in [0.2, 0.25) is 0 Å². The molecule has 0 unspecified atom stereocenters. The molecule has 0 spiro atoms. The first-order chi connectivity index (χ1) is 7.85. The monoisotopic (exact) mass is 219 g/mol. The lowest BCUT2D eigenvalue weighted by molar-refractivity contribution is 0.269. The van der Waals surface area contributed by atoms with E-state index in [0.29, 0.717) is 0 Å². The van der Waals surface area contributed by atoms with Crippen LogP contribution in [0, 0.1) is 0 Å². The second-order valence-electron chi connectivity index (χ2n) is 3.88. The summed E-state index contributed by atoms with van der Waals surface area (Å²) in [6.45, 7) is 3.18. The van der Waals surface area contributed by atoms with Gasteiger partial charge in [-0.1, -0.05) is 6.92 Å². The van der Waals surface area contributed by atoms with E-state index in [2.05, 4.69) is 17.6 Å². The van der Waals surface area contributed by atoms with Crippen LogP contribution in [0.3, 0.4) is 0 Å². The number of furan rings is 1. The van der Waals surface area contributed by atoms with Crippen molar-refractivity contribution in [2.45, 2.75) is 32.9 Å². The second kappa shape index (κ2) is 5.03. The van der Waals surface area contributed by atoms with Gasteiger partial charge in [-0.3, -0.25) is 0 Å². The van der Waals surface area contributed by atoms with E-state index in [0.717, 1.165) is 30.8 Å². The van der Waals surface area contributed by atoms with Crippen molar-refractivity contribution in [2.24, 2.45) is 0 Å². The van der Waals surface area contributed by atoms with Gasteiger partial charge in [-0.2, -0.15) is 0 Å². The minimum Gasteiger partial charge on any atom is -0.469 e. The molecule has 3 heteroatoms. The van der Waals surface area contributed by atoms with Crippen molar-refractivity contribution in [3.8, 4) is 0 Å². The van der Waals surface area contributed by atoms with Gasteiger partial charge < -0.3 is 14.1 Å². The molecule has 1 N–H and O–H groups in total. The Kier molecular flexibility index (Phi) is 3.47. The van der Waals surface area contributed by atoms with Crippen molar-refractivity contribution >= 4 is 0 Å². The summed E-state index contributed by atoms with van der Waals surface area (Å²) in [6.07, 6.45) is 3.54. The summed E-state index contributed by atoms with van der Waals surface area (Å²) in [6, 6.07) is 7.91. The molecule has 0 aliphatic rings. The normalized spacial score (nSPS) is 10.9. The van der Waals surface area contributed by atoms with Gasteiger partial charge in [-0.15, -0.1) is 0 Å². The lowest BCUT2D eigenvalue weighted by Gasteiger charge is -2.10. The van der Waals surface area contributed by atoms with Crippen molar-refractivity contribution in [3.63, 3.8) is 0 Å². The Morgan fingerprint density at radius 3 is 2.69 bits per heavy atom. The van der Waals surface area contributed by atoms with Crippen LogP contribution in [0.15, 0.2) is 34.9 Å². The van der Waals surface area contributed by atoms with Gasteiger partial charge in [0.25, 0.3) is 0 Å². The maximum Gasteiger partial charge on any atom is 0.109 e. The number of aliphatic hydroxyl groups is 1. The second-order valence-corrected chi connectivity index (χ2v) is 3.88. The summed E-state index contributed by atoms with van der Waals surface area (Å²) < 4.78 is 7.51. The fraction of sp³-hybridized carbons (Fsp3) is 0.385. The Hall–Kier alpha value is -1.48. The highest BCUT2D eigenvalue weighted by molar-refractivity contribution is 5.20. The first-order valence-electron chi connectivity index (χ1n) is 5.65. The van der Waals surface area contributed by atoms with Crippen LogP contribution in [-0.2, 0) is 19.6 Å². The van der Waals surface area contributed by atoms with Gasteiger partial charge in [-0.05, 0) is 30.7 Å². The molecule has 2 heterocycles. The molecule has 0 saturated carbocycles. The molecule has 0 aliphatic carbocycles. The Labute approximate surface area is 95.3 Å². The number of rotatable bonds is 5. The number of aromatic nitrogens is 1. The van der Waals surface area contributed by atoms with Crippen LogP contribution in [0.5, 0.6) is 0 Å². The van der Waals surface area contributed by atoms with Crippen LogP contribution in [0.2, 0.25) is 0 Å². The molecule has 86 valence electrons. The van der Waals surface area contributed by atoms with Gasteiger partial charge in [-0.25, -0.2) is 0 Å². The highest BCUT2D eigenvalue weighted by atomic mass is 16.3. The fourth-order valence-electron chi connectivity index (χ4n) is 1.95. The van der Waals surface area contributed by atoms with Crippen LogP contribution in [0.4, 0.5) is 0 Å². The third-order valence-corrected chi connectivity index (χ3v) is 2.71. The molecule has 0 radical (unpaired) electrons. The molecule has 0 fully saturated rings. The SMILES string of the molecule is CCCn1c(CO)ccc1Cc1ccco1. The van der Waals surface area contributed by atoms with E-state index < -0.39 is 0 Å². The lowest BCUT2D eigenvalue weighted by atomic mass is 10.2. The Balaban J connectivity index is 2.22. The Morgan fingerprint density at radius 1 is 1.25 bits per heavy atom. The van der Waals surface area contributed by atoms with E-state index in [1.165, 1.54) is 5.69 Å². The minimum atomic E-state index is 0.0954. The van der Waals surface area contributed by atoms with Gasteiger partial charge in [0.15, 0.2) is 0 Å². The van der Waals surface area contributed by atoms with E-state index in [4.69, 9.17) is 4.42 Å². The molecule has 0 amide bonds. The highest BCUT2D eigenvalue weighted by Crippen LogP contribution is 2.15. The van der Waals surface area contributed by atoms with Crippen molar-refractivity contribution < 1.29 is 9.52 Å². The maximum absolute atomic E-state index is 9.24. The third-order valence-electron chi connectivity index (χ3n) is 2.71. The van der Waals surface area contributed by atoms with Gasteiger partial charge >= 0.3 is 0 Å². The number of hydrogen-bond donors (Lipinski definition) is 1. The maximum atomic E-state index is 9.24. The predicted octanol–water partition coefficient (Wildman–Crippen LogP) is 2.57. The highest BCUT2D eigenvalue weighted by Gasteiger charge is 2.08. The molecular formula is C13H17NO2. The zero-order valence-corrected chi connectivity index (χ0v) is 9.52. The van der Waals surface area contributed by atoms with Crippen LogP contribution in [-0.4, -0.2) is 9.67 Å². The third kappa shape index (κ3) is 2.19. The average molecular weight is 219 g/mol. The topological polar surface area (TPSA) is 38.3 Å². The molecule has 2 aromatic rings. The van der Waals surface area contributed by atoms with E-state index in [9.17, 15) is 5.11 Å². The summed E-state index contributed by atoms with van der Waals surface area (Å²) in [4.78, 5) is 0. The molecule has 3 nitrogen and oxygen atoms in total. The minimum absolute atomic E-state index is 0.0954. The van der Waals surface area contributed by atoms with Gasteiger partial charge in [0.05, 0.1) is 12.9 Å². The Morgan fingerprint density at radius 2 is 2.06 bits per heavy atom. The molecule has 0 atom stereocenters. The van der Waals surface area contributed by atoms with Crippen molar-refractivity contribution in [1.82, 2.24) is 4.57 Å². The molecule has 16 heavy (non-hydrogen) atoms. The summed E-state index contributed by atoms with van der Waals surface area (Å²) in [5.41, 5.74) is 2.17. The summed E-state index contributed by atoms with van der Waals surface area (Å²) in [5, 5.41) is 9.24. The van der Waals surface area contributed by atoms with E-state index in [1.807, 2.05) is 18.2 Å². The average Bonchev–Trinajstić information content (AvgIpc) is 2.91. The summed E-state index contributed by atoms with van der Waals surface area (Å²) >= 11 is 0. The summed E-state index contributed by atoms with van der Waals surface area (Å²) in [5.74, 6) is 0.958. The van der Waals surface area contributed by atoms with Crippen LogP contribution < -0.4 is 0 Å². The van der Waals surface area contributed by atoms with E-state index in [-0.39, 0.29) is 6.61 Å². The lowest BCUT2D eigenvalue weighted by Crippen LogP contribution is -2.06. The predicted molar refractivity (Wildman–Crippen MR) is 62.2 cm³/mol. The van der Waals surface area contributed by atoms with E-state index in [1.54, 1.807) is 6.26 Å². The van der Waals surface area contributed by atoms with Crippen molar-refractivity contribution in [2.75, 3.05) is 0 Å². The quantitative estimate of drug-likeness (QED) is 0.839. The summed E-state index contributed by atoms with van der Waals surface area (Å²) in [7, 11) is 0. The molecule has 2 rings (SSSR count). The first-order valence-corrected chi connectivity index (χ1v) is 5.65. The molecule has 0 aromatic carbocycles. The largest absolute Gasteiger partial charge is 0.469 e. The van der Waals surface area contributed by atoms with Crippen LogP contribution in [0.1, 0.15) is 30.5 Å². The van der Waals surface area contributed by atoms with Crippen molar-refractivity contribution in [1.29, 1.82) is 0 Å². The Bertz CT molecular complexity index is 429. The number of nitrogens with zero attached hydrogens (tertiary/aromatic N) is 1. The van der Waals surface area contributed by atoms with E-state index >= 15 is 0 Å². The van der Waals surface area contributed by atoms with Crippen molar-refractivity contribution in [3.05, 3.63) is 47.7 Å². The molecule has 0 saturated heterocycles. The smallest absolute Gasteiger partial charge is 0.109 e. The molecular weight excluding hydrogens is 202 g/mol. The zero-order valence-electron chi connectivity index (χ0n) is 9.52. The molecule has 2 aromatic heterocycles. The van der Waals surface area contributed by atoms with Gasteiger partial charge in [0.1, 0.15) is 5.76 Å². The van der Waals surface area contributed by atoms with Crippen LogP contribution in [0.25, 0.3) is 0 Å². The number of aliphatic hydroxyl groups excluding tert-OH is 1. The van der Waals surface area contributed by atoms with Crippen LogP contribution >= 0.6 is 0 Å². The fourth-order valence-corrected chi connectivity index (χ4v) is 1.95. The first kappa shape index (κ1) is 11.0. The standard InChI is InChI=1S/C13H17NO2/c1-2-7-14-11(5-6-12(14)10-15)9-13-4-3-8-16-13/h3-6,8,15H,2,7,9-10H2,1H3. The van der Waals surface area contributed by atoms with Gasteiger partial charge in [0, 0.05) is 24.4 Å². The zero-order chi connectivity index (χ0) is 11.4.